The van der Waals surface area contributed by atoms with Gasteiger partial charge < -0.3 is 5.32 Å². The number of benzene rings is 1. The molecule has 80 valence electrons. The lowest BCUT2D eigenvalue weighted by atomic mass is 10.0. The molecule has 3 rings (SSSR count). The highest BCUT2D eigenvalue weighted by Gasteiger charge is 2.31. The van der Waals surface area contributed by atoms with E-state index in [1.807, 2.05) is 0 Å². The minimum Gasteiger partial charge on any atom is -0.307 e. The number of fused-ring (bicyclic) bond motifs is 1. The summed E-state index contributed by atoms with van der Waals surface area (Å²) in [6.07, 6.45) is 2.77. The van der Waals surface area contributed by atoms with Crippen molar-refractivity contribution in [3.8, 4) is 0 Å². The molecule has 0 amide bonds. The molecule has 2 saturated heterocycles. The number of rotatable bonds is 1. The molecule has 0 unspecified atom stereocenters. The van der Waals surface area contributed by atoms with Crippen LogP contribution in [0.4, 0.5) is 0 Å². The van der Waals surface area contributed by atoms with E-state index in [-0.39, 0.29) is 0 Å². The molecule has 0 aliphatic carbocycles. The normalized spacial score (nSPS) is 31.5. The van der Waals surface area contributed by atoms with Gasteiger partial charge in [0.1, 0.15) is 0 Å². The van der Waals surface area contributed by atoms with Crippen LogP contribution in [-0.2, 0) is 0 Å². The van der Waals surface area contributed by atoms with E-state index in [0.717, 1.165) is 6.04 Å². The van der Waals surface area contributed by atoms with Gasteiger partial charge in [-0.3, -0.25) is 4.90 Å². The maximum absolute atomic E-state index is 3.67. The summed E-state index contributed by atoms with van der Waals surface area (Å²) >= 11 is 0. The highest BCUT2D eigenvalue weighted by molar-refractivity contribution is 5.20. The Labute approximate surface area is 91.3 Å². The topological polar surface area (TPSA) is 15.3 Å². The largest absolute Gasteiger partial charge is 0.307 e. The van der Waals surface area contributed by atoms with Crippen molar-refractivity contribution in [3.05, 3.63) is 35.9 Å². The number of piperazine rings is 1. The third-order valence-electron chi connectivity index (χ3n) is 3.72. The lowest BCUT2D eigenvalue weighted by Crippen LogP contribution is -2.49. The van der Waals surface area contributed by atoms with Gasteiger partial charge in [-0.05, 0) is 24.9 Å². The Morgan fingerprint density at radius 3 is 2.93 bits per heavy atom. The maximum Gasteiger partial charge on any atom is 0.0449 e. The molecule has 2 atom stereocenters. The fraction of sp³-hybridized carbons (Fsp3) is 0.538. The third-order valence-corrected chi connectivity index (χ3v) is 3.72. The minimum atomic E-state index is 0.542. The zero-order chi connectivity index (χ0) is 10.1. The molecule has 2 aliphatic rings. The Morgan fingerprint density at radius 2 is 2.07 bits per heavy atom. The fourth-order valence-electron chi connectivity index (χ4n) is 2.85. The summed E-state index contributed by atoms with van der Waals surface area (Å²) in [6, 6.07) is 12.2. The van der Waals surface area contributed by atoms with Gasteiger partial charge in [0, 0.05) is 25.2 Å². The second-order valence-corrected chi connectivity index (χ2v) is 4.66. The number of hydrogen-bond acceptors (Lipinski definition) is 2. The van der Waals surface area contributed by atoms with Crippen LogP contribution in [0.1, 0.15) is 24.4 Å². The van der Waals surface area contributed by atoms with Gasteiger partial charge >= 0.3 is 0 Å². The van der Waals surface area contributed by atoms with E-state index in [4.69, 9.17) is 0 Å². The van der Waals surface area contributed by atoms with Gasteiger partial charge in [0.05, 0.1) is 0 Å². The zero-order valence-corrected chi connectivity index (χ0v) is 9.02. The highest BCUT2D eigenvalue weighted by Crippen LogP contribution is 2.25. The summed E-state index contributed by atoms with van der Waals surface area (Å²) in [4.78, 5) is 2.65. The molecule has 2 nitrogen and oxygen atoms in total. The molecule has 2 heterocycles. The minimum absolute atomic E-state index is 0.542. The van der Waals surface area contributed by atoms with E-state index in [9.17, 15) is 0 Å². The van der Waals surface area contributed by atoms with Crippen LogP contribution >= 0.6 is 0 Å². The van der Waals surface area contributed by atoms with Crippen LogP contribution in [0.25, 0.3) is 0 Å². The quantitative estimate of drug-likeness (QED) is 0.747. The van der Waals surface area contributed by atoms with Gasteiger partial charge in [-0.15, -0.1) is 0 Å². The van der Waals surface area contributed by atoms with Gasteiger partial charge in [0.25, 0.3) is 0 Å². The van der Waals surface area contributed by atoms with Crippen molar-refractivity contribution < 1.29 is 0 Å². The van der Waals surface area contributed by atoms with Crippen LogP contribution in [0.5, 0.6) is 0 Å². The first-order valence-corrected chi connectivity index (χ1v) is 5.96. The van der Waals surface area contributed by atoms with Crippen molar-refractivity contribution in [2.45, 2.75) is 24.9 Å². The van der Waals surface area contributed by atoms with Crippen molar-refractivity contribution in [2.75, 3.05) is 19.6 Å². The van der Waals surface area contributed by atoms with E-state index in [1.54, 1.807) is 0 Å². The van der Waals surface area contributed by atoms with Crippen molar-refractivity contribution in [3.63, 3.8) is 0 Å². The third kappa shape index (κ3) is 1.80. The first kappa shape index (κ1) is 9.37. The highest BCUT2D eigenvalue weighted by atomic mass is 15.2. The van der Waals surface area contributed by atoms with E-state index in [0.29, 0.717) is 6.04 Å². The SMILES string of the molecule is c1ccc([C@@H]2CN3CCC[C@H]3CN2)cc1. The molecule has 0 bridgehead atoms. The molecular formula is C13H18N2. The predicted octanol–water partition coefficient (Wildman–Crippen LogP) is 1.80. The van der Waals surface area contributed by atoms with Gasteiger partial charge in [-0.1, -0.05) is 30.3 Å². The molecular weight excluding hydrogens is 184 g/mol. The zero-order valence-electron chi connectivity index (χ0n) is 9.02. The first-order chi connectivity index (χ1) is 7.43. The molecule has 2 fully saturated rings. The molecule has 0 spiro atoms. The van der Waals surface area contributed by atoms with Crippen LogP contribution < -0.4 is 5.32 Å². The second-order valence-electron chi connectivity index (χ2n) is 4.66. The van der Waals surface area contributed by atoms with Gasteiger partial charge in [0.2, 0.25) is 0 Å². The monoisotopic (exact) mass is 202 g/mol. The van der Waals surface area contributed by atoms with Crippen LogP contribution in [0.3, 0.4) is 0 Å². The predicted molar refractivity (Wildman–Crippen MR) is 61.8 cm³/mol. The lowest BCUT2D eigenvalue weighted by molar-refractivity contribution is 0.174. The van der Waals surface area contributed by atoms with E-state index in [1.165, 1.54) is 38.0 Å². The smallest absolute Gasteiger partial charge is 0.0449 e. The standard InChI is InChI=1S/C13H18N2/c1-2-5-11(6-3-1)13-10-15-8-4-7-12(15)9-14-13/h1-3,5-6,12-14H,4,7-10H2/t12-,13-/m0/s1. The van der Waals surface area contributed by atoms with Gasteiger partial charge in [0.15, 0.2) is 0 Å². The number of nitrogens with zero attached hydrogens (tertiary/aromatic N) is 1. The first-order valence-electron chi connectivity index (χ1n) is 5.96. The molecule has 0 saturated carbocycles. The van der Waals surface area contributed by atoms with E-state index < -0.39 is 0 Å². The number of nitrogens with one attached hydrogen (secondary N) is 1. The Hall–Kier alpha value is -0.860. The van der Waals surface area contributed by atoms with Crippen molar-refractivity contribution in [2.24, 2.45) is 0 Å². The maximum atomic E-state index is 3.67. The molecule has 1 N–H and O–H groups in total. The van der Waals surface area contributed by atoms with Crippen LogP contribution in [0.2, 0.25) is 0 Å². The lowest BCUT2D eigenvalue weighted by Gasteiger charge is -2.36. The molecule has 2 aliphatic heterocycles. The number of hydrogen-bond donors (Lipinski definition) is 1. The Balaban J connectivity index is 1.74. The average Bonchev–Trinajstić information content (AvgIpc) is 2.77. The second kappa shape index (κ2) is 3.95. The van der Waals surface area contributed by atoms with Crippen molar-refractivity contribution in [1.82, 2.24) is 10.2 Å². The van der Waals surface area contributed by atoms with E-state index >= 15 is 0 Å². The molecule has 15 heavy (non-hydrogen) atoms. The van der Waals surface area contributed by atoms with Crippen molar-refractivity contribution >= 4 is 0 Å². The van der Waals surface area contributed by atoms with Crippen LogP contribution in [0.15, 0.2) is 30.3 Å². The summed E-state index contributed by atoms with van der Waals surface area (Å²) in [6.45, 7) is 3.66. The molecule has 2 heteroatoms. The summed E-state index contributed by atoms with van der Waals surface area (Å²) < 4.78 is 0. The molecule has 0 radical (unpaired) electrons. The fourth-order valence-corrected chi connectivity index (χ4v) is 2.85. The molecule has 0 aromatic heterocycles. The molecule has 1 aromatic rings. The average molecular weight is 202 g/mol. The Bertz CT molecular complexity index is 323. The summed E-state index contributed by atoms with van der Waals surface area (Å²) in [5, 5.41) is 3.67. The molecule has 1 aromatic carbocycles. The Kier molecular flexibility index (Phi) is 2.47. The summed E-state index contributed by atoms with van der Waals surface area (Å²) in [5.41, 5.74) is 1.43. The van der Waals surface area contributed by atoms with E-state index in [2.05, 4.69) is 40.5 Å². The van der Waals surface area contributed by atoms with Crippen LogP contribution in [-0.4, -0.2) is 30.6 Å². The van der Waals surface area contributed by atoms with Gasteiger partial charge in [-0.25, -0.2) is 0 Å². The summed E-state index contributed by atoms with van der Waals surface area (Å²) in [7, 11) is 0. The summed E-state index contributed by atoms with van der Waals surface area (Å²) in [5.74, 6) is 0. The van der Waals surface area contributed by atoms with Crippen LogP contribution in [0, 0.1) is 0 Å². The van der Waals surface area contributed by atoms with Crippen molar-refractivity contribution in [1.29, 1.82) is 0 Å². The Morgan fingerprint density at radius 1 is 1.20 bits per heavy atom. The van der Waals surface area contributed by atoms with Gasteiger partial charge in [-0.2, -0.15) is 0 Å².